The number of benzene rings is 2. The van der Waals surface area contributed by atoms with Crippen LogP contribution < -0.4 is 10.2 Å². The summed E-state index contributed by atoms with van der Waals surface area (Å²) in [7, 11) is 0. The largest absolute Gasteiger partial charge is 0.444 e. The summed E-state index contributed by atoms with van der Waals surface area (Å²) >= 11 is 0. The second-order valence-corrected chi connectivity index (χ2v) is 6.77. The summed E-state index contributed by atoms with van der Waals surface area (Å²) in [6.07, 6.45) is 5.07. The number of anilines is 2. The van der Waals surface area contributed by atoms with E-state index >= 15 is 0 Å². The lowest BCUT2D eigenvalue weighted by molar-refractivity contribution is 0.155. The van der Waals surface area contributed by atoms with Crippen molar-refractivity contribution in [3.8, 4) is 0 Å². The highest BCUT2D eigenvalue weighted by Crippen LogP contribution is 2.31. The van der Waals surface area contributed by atoms with Gasteiger partial charge in [0.25, 0.3) is 0 Å². The van der Waals surface area contributed by atoms with Gasteiger partial charge in [-0.3, -0.25) is 5.32 Å². The summed E-state index contributed by atoms with van der Waals surface area (Å²) < 4.78 is 18.2. The number of imidazole rings is 1. The summed E-state index contributed by atoms with van der Waals surface area (Å²) in [4.78, 5) is 21.6. The van der Waals surface area contributed by atoms with Crippen LogP contribution in [0.4, 0.5) is 20.6 Å². The predicted molar refractivity (Wildman–Crippen MR) is 105 cm³/mol. The van der Waals surface area contributed by atoms with Gasteiger partial charge in [0.15, 0.2) is 0 Å². The van der Waals surface area contributed by atoms with Crippen molar-refractivity contribution in [3.63, 3.8) is 0 Å². The van der Waals surface area contributed by atoms with Crippen LogP contribution in [-0.4, -0.2) is 22.6 Å². The maximum Gasteiger partial charge on any atom is 0.411 e. The number of aromatic nitrogens is 2. The molecule has 2 aromatic carbocycles. The molecule has 3 aromatic rings. The maximum absolute atomic E-state index is 12.9. The van der Waals surface area contributed by atoms with Crippen molar-refractivity contribution < 1.29 is 13.9 Å². The molecule has 6 nitrogen and oxygen atoms in total. The third-order valence-corrected chi connectivity index (χ3v) is 4.75. The molecule has 144 valence electrons. The Kier molecular flexibility index (Phi) is 5.23. The number of amides is 1. The minimum atomic E-state index is -0.541. The molecule has 0 bridgehead atoms. The zero-order valence-electron chi connectivity index (χ0n) is 15.3. The highest BCUT2D eigenvalue weighted by Gasteiger charge is 2.18. The molecule has 7 heteroatoms. The van der Waals surface area contributed by atoms with Crippen LogP contribution >= 0.6 is 0 Å². The van der Waals surface area contributed by atoms with Gasteiger partial charge in [-0.1, -0.05) is 18.2 Å². The smallest absolute Gasteiger partial charge is 0.411 e. The Morgan fingerprint density at radius 2 is 2.11 bits per heavy atom. The fourth-order valence-corrected chi connectivity index (χ4v) is 3.35. The number of nitrogens with one attached hydrogen (secondary N) is 2. The Labute approximate surface area is 162 Å². The zero-order chi connectivity index (χ0) is 19.3. The van der Waals surface area contributed by atoms with E-state index in [1.807, 2.05) is 24.4 Å². The molecule has 1 aliphatic rings. The number of hydrogen-bond acceptors (Lipinski definition) is 4. The molecule has 0 spiro atoms. The Hall–Kier alpha value is -3.35. The summed E-state index contributed by atoms with van der Waals surface area (Å²) in [6.45, 7) is 1.78. The van der Waals surface area contributed by atoms with E-state index in [1.165, 1.54) is 17.7 Å². The third-order valence-electron chi connectivity index (χ3n) is 4.75. The molecule has 2 N–H and O–H groups in total. The van der Waals surface area contributed by atoms with Gasteiger partial charge in [0.05, 0.1) is 18.6 Å². The Bertz CT molecular complexity index is 942. The van der Waals surface area contributed by atoms with Crippen LogP contribution in [0.1, 0.15) is 23.2 Å². The van der Waals surface area contributed by atoms with Gasteiger partial charge in [0.1, 0.15) is 12.4 Å². The van der Waals surface area contributed by atoms with Gasteiger partial charge < -0.3 is 14.6 Å². The van der Waals surface area contributed by atoms with E-state index in [-0.39, 0.29) is 12.4 Å². The molecule has 2 heterocycles. The molecule has 4 rings (SSSR count). The van der Waals surface area contributed by atoms with E-state index in [4.69, 9.17) is 4.74 Å². The van der Waals surface area contributed by atoms with Crippen LogP contribution in [0.2, 0.25) is 0 Å². The highest BCUT2D eigenvalue weighted by molar-refractivity contribution is 5.85. The van der Waals surface area contributed by atoms with E-state index in [9.17, 15) is 9.18 Å². The van der Waals surface area contributed by atoms with Crippen LogP contribution in [0.15, 0.2) is 55.0 Å². The number of fused-ring (bicyclic) bond motifs is 1. The minimum Gasteiger partial charge on any atom is -0.444 e. The maximum atomic E-state index is 12.9. The van der Waals surface area contributed by atoms with Gasteiger partial charge in [-0.2, -0.15) is 0 Å². The first-order chi connectivity index (χ1) is 13.7. The molecular weight excluding hydrogens is 359 g/mol. The number of rotatable bonds is 5. The van der Waals surface area contributed by atoms with Crippen molar-refractivity contribution in [2.75, 3.05) is 16.8 Å². The molecule has 28 heavy (non-hydrogen) atoms. The van der Waals surface area contributed by atoms with Crippen LogP contribution in [0, 0.1) is 5.82 Å². The SMILES string of the molecule is O=C(Nc1ccc2c(c1)N(Cc1cnc[nH]1)CCC2)OCc1ccc(F)cc1. The first kappa shape index (κ1) is 18.0. The molecule has 0 saturated carbocycles. The first-order valence-electron chi connectivity index (χ1n) is 9.21. The molecule has 0 saturated heterocycles. The van der Waals surface area contributed by atoms with Crippen molar-refractivity contribution in [2.45, 2.75) is 26.0 Å². The fourth-order valence-electron chi connectivity index (χ4n) is 3.35. The molecule has 0 unspecified atom stereocenters. The summed E-state index contributed by atoms with van der Waals surface area (Å²) in [5.41, 5.74) is 4.82. The van der Waals surface area contributed by atoms with Gasteiger partial charge in [0.2, 0.25) is 0 Å². The zero-order valence-corrected chi connectivity index (χ0v) is 15.3. The van der Waals surface area contributed by atoms with E-state index < -0.39 is 6.09 Å². The van der Waals surface area contributed by atoms with Crippen LogP contribution in [0.3, 0.4) is 0 Å². The average Bonchev–Trinajstić information content (AvgIpc) is 3.21. The van der Waals surface area contributed by atoms with E-state index in [0.29, 0.717) is 5.69 Å². The van der Waals surface area contributed by atoms with Crippen molar-refractivity contribution in [2.24, 2.45) is 0 Å². The predicted octanol–water partition coefficient (Wildman–Crippen LogP) is 4.25. The van der Waals surface area contributed by atoms with E-state index in [1.54, 1.807) is 18.5 Å². The van der Waals surface area contributed by atoms with Gasteiger partial charge in [-0.25, -0.2) is 14.2 Å². The highest BCUT2D eigenvalue weighted by atomic mass is 19.1. The van der Waals surface area contributed by atoms with Crippen molar-refractivity contribution in [1.29, 1.82) is 0 Å². The van der Waals surface area contributed by atoms with Crippen molar-refractivity contribution >= 4 is 17.5 Å². The fraction of sp³-hybridized carbons (Fsp3) is 0.238. The number of ether oxygens (including phenoxy) is 1. The van der Waals surface area contributed by atoms with Gasteiger partial charge in [0, 0.05) is 24.1 Å². The Morgan fingerprint density at radius 3 is 2.89 bits per heavy atom. The summed E-state index contributed by atoms with van der Waals surface area (Å²) in [6, 6.07) is 11.8. The molecule has 0 radical (unpaired) electrons. The van der Waals surface area contributed by atoms with Crippen molar-refractivity contribution in [1.82, 2.24) is 9.97 Å². The summed E-state index contributed by atoms with van der Waals surface area (Å²) in [5.74, 6) is -0.318. The lowest BCUT2D eigenvalue weighted by Crippen LogP contribution is -2.29. The standard InChI is InChI=1S/C21H21FN4O2/c22-17-6-3-15(4-7-17)13-28-21(27)25-18-8-5-16-2-1-9-26(20(16)10-18)12-19-11-23-14-24-19/h3-8,10-11,14H,1-2,9,12-13H2,(H,23,24)(H,25,27). The number of nitrogens with zero attached hydrogens (tertiary/aromatic N) is 2. The first-order valence-corrected chi connectivity index (χ1v) is 9.21. The lowest BCUT2D eigenvalue weighted by atomic mass is 10.0. The Morgan fingerprint density at radius 1 is 1.25 bits per heavy atom. The van der Waals surface area contributed by atoms with Gasteiger partial charge in [-0.15, -0.1) is 0 Å². The quantitative estimate of drug-likeness (QED) is 0.694. The number of aryl methyl sites for hydroxylation is 1. The molecule has 0 atom stereocenters. The van der Waals surface area contributed by atoms with Crippen LogP contribution in [-0.2, 0) is 24.3 Å². The Balaban J connectivity index is 1.41. The van der Waals surface area contributed by atoms with Crippen molar-refractivity contribution in [3.05, 3.63) is 77.6 Å². The lowest BCUT2D eigenvalue weighted by Gasteiger charge is -2.31. The second-order valence-electron chi connectivity index (χ2n) is 6.77. The topological polar surface area (TPSA) is 70.2 Å². The number of hydrogen-bond donors (Lipinski definition) is 2. The number of carbonyl (C=O) groups is 1. The van der Waals surface area contributed by atoms with Gasteiger partial charge in [-0.05, 0) is 48.2 Å². The second kappa shape index (κ2) is 8.12. The van der Waals surface area contributed by atoms with Crippen LogP contribution in [0.5, 0.6) is 0 Å². The third kappa shape index (κ3) is 4.31. The molecule has 1 amide bonds. The van der Waals surface area contributed by atoms with Crippen LogP contribution in [0.25, 0.3) is 0 Å². The number of carbonyl (C=O) groups excluding carboxylic acids is 1. The minimum absolute atomic E-state index is 0.0863. The molecule has 0 fully saturated rings. The molecule has 0 aliphatic carbocycles. The number of H-pyrrole nitrogens is 1. The normalized spacial score (nSPS) is 13.1. The van der Waals surface area contributed by atoms with Gasteiger partial charge >= 0.3 is 6.09 Å². The average molecular weight is 380 g/mol. The number of halogens is 1. The monoisotopic (exact) mass is 380 g/mol. The summed E-state index contributed by atoms with van der Waals surface area (Å²) in [5, 5.41) is 2.77. The molecule has 1 aliphatic heterocycles. The number of aromatic amines is 1. The van der Waals surface area contributed by atoms with E-state index in [2.05, 4.69) is 20.2 Å². The molecule has 1 aromatic heterocycles. The molecular formula is C21H21FN4O2. The van der Waals surface area contributed by atoms with E-state index in [0.717, 1.165) is 42.9 Å².